The molecule has 4 rings (SSSR count). The molecule has 0 spiro atoms. The highest BCUT2D eigenvalue weighted by molar-refractivity contribution is 7.20. The molecule has 0 aliphatic heterocycles. The van der Waals surface area contributed by atoms with Gasteiger partial charge in [-0.05, 0) is 37.3 Å². The van der Waals surface area contributed by atoms with E-state index in [-0.39, 0.29) is 5.91 Å². The summed E-state index contributed by atoms with van der Waals surface area (Å²) >= 11 is 3.05. The number of hydrogen-bond donors (Lipinski definition) is 1. The van der Waals surface area contributed by atoms with Crippen molar-refractivity contribution in [3.8, 4) is 10.6 Å². The summed E-state index contributed by atoms with van der Waals surface area (Å²) in [7, 11) is 1.89. The van der Waals surface area contributed by atoms with Crippen LogP contribution in [0.4, 0.5) is 5.69 Å². The molecule has 1 aromatic carbocycles. The van der Waals surface area contributed by atoms with Crippen LogP contribution < -0.4 is 5.32 Å². The van der Waals surface area contributed by atoms with Gasteiger partial charge >= 0.3 is 0 Å². The number of thiazole rings is 1. The third-order valence-electron chi connectivity index (χ3n) is 3.74. The van der Waals surface area contributed by atoms with Crippen molar-refractivity contribution in [2.75, 3.05) is 5.32 Å². The van der Waals surface area contributed by atoms with Crippen molar-refractivity contribution in [2.24, 2.45) is 7.05 Å². The fourth-order valence-corrected chi connectivity index (χ4v) is 4.23. The molecule has 24 heavy (non-hydrogen) atoms. The molecular weight excluding hydrogens is 340 g/mol. The quantitative estimate of drug-likeness (QED) is 0.596. The van der Waals surface area contributed by atoms with Gasteiger partial charge in [0.05, 0.1) is 10.6 Å². The summed E-state index contributed by atoms with van der Waals surface area (Å²) in [6, 6.07) is 9.63. The van der Waals surface area contributed by atoms with Crippen LogP contribution in [0.25, 0.3) is 20.8 Å². The molecule has 3 aromatic heterocycles. The second-order valence-electron chi connectivity index (χ2n) is 5.41. The highest BCUT2D eigenvalue weighted by atomic mass is 32.1. The number of fused-ring (bicyclic) bond motifs is 1. The Bertz CT molecular complexity index is 979. The molecule has 0 fully saturated rings. The van der Waals surface area contributed by atoms with Crippen LogP contribution in [0, 0.1) is 6.92 Å². The Labute approximate surface area is 146 Å². The third kappa shape index (κ3) is 2.61. The lowest BCUT2D eigenvalue weighted by Crippen LogP contribution is -2.09. The number of aryl methyl sites for hydroxylation is 2. The van der Waals surface area contributed by atoms with Crippen LogP contribution in [0.5, 0.6) is 0 Å². The topological polar surface area (TPSA) is 59.8 Å². The molecule has 0 bridgehead atoms. The second kappa shape index (κ2) is 5.85. The van der Waals surface area contributed by atoms with Crippen LogP contribution in [-0.4, -0.2) is 20.7 Å². The molecule has 0 aliphatic carbocycles. The smallest absolute Gasteiger partial charge is 0.265 e. The molecule has 0 radical (unpaired) electrons. The monoisotopic (exact) mass is 354 g/mol. The third-order valence-corrected chi connectivity index (χ3v) is 5.76. The van der Waals surface area contributed by atoms with Gasteiger partial charge in [-0.25, -0.2) is 4.98 Å². The van der Waals surface area contributed by atoms with E-state index in [9.17, 15) is 4.79 Å². The highest BCUT2D eigenvalue weighted by Crippen LogP contribution is 2.28. The Balaban J connectivity index is 1.55. The molecule has 3 heterocycles. The number of aromatic nitrogens is 3. The number of thiophene rings is 1. The summed E-state index contributed by atoms with van der Waals surface area (Å²) in [6.07, 6.45) is 1.79. The molecular formula is C17H14N4OS2. The van der Waals surface area contributed by atoms with E-state index in [4.69, 9.17) is 0 Å². The minimum absolute atomic E-state index is 0.0994. The van der Waals surface area contributed by atoms with E-state index in [1.54, 1.807) is 17.5 Å². The molecule has 0 unspecified atom stereocenters. The average Bonchev–Trinajstić information content (AvgIpc) is 3.29. The zero-order valence-electron chi connectivity index (χ0n) is 13.1. The van der Waals surface area contributed by atoms with Crippen molar-refractivity contribution in [3.05, 3.63) is 52.5 Å². The fourth-order valence-electron chi connectivity index (χ4n) is 2.57. The van der Waals surface area contributed by atoms with Crippen molar-refractivity contribution < 1.29 is 4.79 Å². The van der Waals surface area contributed by atoms with E-state index in [1.165, 1.54) is 11.3 Å². The summed E-state index contributed by atoms with van der Waals surface area (Å²) in [5.41, 5.74) is 2.76. The summed E-state index contributed by atoms with van der Waals surface area (Å²) in [4.78, 5) is 18.5. The molecule has 1 N–H and O–H groups in total. The number of amides is 1. The van der Waals surface area contributed by atoms with Gasteiger partial charge in [-0.2, -0.15) is 5.10 Å². The SMILES string of the molecule is Cc1nn(C)c2sc(C(=O)Nc3ccc(-c4nccs4)cc3)cc12. The molecule has 5 nitrogen and oxygen atoms in total. The van der Waals surface area contributed by atoms with Crippen molar-refractivity contribution in [3.63, 3.8) is 0 Å². The molecule has 0 atom stereocenters. The van der Waals surface area contributed by atoms with Gasteiger partial charge in [0.2, 0.25) is 0 Å². The second-order valence-corrected chi connectivity index (χ2v) is 7.33. The standard InChI is InChI=1S/C17H14N4OS2/c1-10-13-9-14(24-17(13)21(2)20-10)15(22)19-12-5-3-11(4-6-12)16-18-7-8-23-16/h3-9H,1-2H3,(H,19,22). The lowest BCUT2D eigenvalue weighted by molar-refractivity contribution is 0.103. The van der Waals surface area contributed by atoms with E-state index in [0.29, 0.717) is 4.88 Å². The first-order valence-corrected chi connectivity index (χ1v) is 9.06. The normalized spacial score (nSPS) is 11.1. The van der Waals surface area contributed by atoms with Gasteiger partial charge in [-0.1, -0.05) is 0 Å². The predicted octanol–water partition coefficient (Wildman–Crippen LogP) is 4.32. The molecule has 0 saturated heterocycles. The van der Waals surface area contributed by atoms with Crippen LogP contribution >= 0.6 is 22.7 Å². The molecule has 4 aromatic rings. The minimum atomic E-state index is -0.0994. The van der Waals surface area contributed by atoms with Crippen molar-refractivity contribution in [2.45, 2.75) is 6.92 Å². The van der Waals surface area contributed by atoms with Crippen molar-refractivity contribution in [1.29, 1.82) is 0 Å². The Morgan fingerprint density at radius 1 is 1.25 bits per heavy atom. The summed E-state index contributed by atoms with van der Waals surface area (Å²) in [5.74, 6) is -0.0994. The van der Waals surface area contributed by atoms with Crippen LogP contribution in [0.15, 0.2) is 41.9 Å². The maximum atomic E-state index is 12.5. The zero-order valence-corrected chi connectivity index (χ0v) is 14.7. The van der Waals surface area contributed by atoms with E-state index in [1.807, 2.05) is 54.4 Å². The Morgan fingerprint density at radius 2 is 2.04 bits per heavy atom. The maximum Gasteiger partial charge on any atom is 0.265 e. The van der Waals surface area contributed by atoms with E-state index in [0.717, 1.165) is 32.2 Å². The van der Waals surface area contributed by atoms with Crippen molar-refractivity contribution in [1.82, 2.24) is 14.8 Å². The molecule has 1 amide bonds. The Hall–Kier alpha value is -2.51. The molecule has 120 valence electrons. The van der Waals surface area contributed by atoms with Crippen LogP contribution in [0.2, 0.25) is 0 Å². The van der Waals surface area contributed by atoms with E-state index < -0.39 is 0 Å². The van der Waals surface area contributed by atoms with Crippen LogP contribution in [-0.2, 0) is 7.05 Å². The average molecular weight is 354 g/mol. The molecule has 0 saturated carbocycles. The van der Waals surface area contributed by atoms with Gasteiger partial charge in [-0.3, -0.25) is 9.48 Å². The van der Waals surface area contributed by atoms with E-state index >= 15 is 0 Å². The predicted molar refractivity (Wildman–Crippen MR) is 98.8 cm³/mol. The fraction of sp³-hybridized carbons (Fsp3) is 0.118. The van der Waals surface area contributed by atoms with Gasteiger partial charge in [0.25, 0.3) is 5.91 Å². The maximum absolute atomic E-state index is 12.5. The number of hydrogen-bond acceptors (Lipinski definition) is 5. The van der Waals surface area contributed by atoms with Gasteiger partial charge in [-0.15, -0.1) is 22.7 Å². The minimum Gasteiger partial charge on any atom is -0.321 e. The molecule has 7 heteroatoms. The number of carbonyl (C=O) groups excluding carboxylic acids is 1. The van der Waals surface area contributed by atoms with Crippen LogP contribution in [0.3, 0.4) is 0 Å². The lowest BCUT2D eigenvalue weighted by atomic mass is 10.2. The summed E-state index contributed by atoms with van der Waals surface area (Å²) in [6.45, 7) is 1.95. The Kier molecular flexibility index (Phi) is 3.66. The zero-order chi connectivity index (χ0) is 16.7. The lowest BCUT2D eigenvalue weighted by Gasteiger charge is -2.04. The number of nitrogens with zero attached hydrogens (tertiary/aromatic N) is 3. The number of carbonyl (C=O) groups is 1. The van der Waals surface area contributed by atoms with Gasteiger partial charge in [0.15, 0.2) is 0 Å². The first kappa shape index (κ1) is 15.0. The van der Waals surface area contributed by atoms with Crippen LogP contribution in [0.1, 0.15) is 15.4 Å². The van der Waals surface area contributed by atoms with E-state index in [2.05, 4.69) is 15.4 Å². The Morgan fingerprint density at radius 3 is 2.71 bits per heavy atom. The van der Waals surface area contributed by atoms with Gasteiger partial charge < -0.3 is 5.32 Å². The number of rotatable bonds is 3. The first-order chi connectivity index (χ1) is 11.6. The number of benzene rings is 1. The number of nitrogens with one attached hydrogen (secondary N) is 1. The molecule has 0 aliphatic rings. The summed E-state index contributed by atoms with van der Waals surface area (Å²) < 4.78 is 1.81. The largest absolute Gasteiger partial charge is 0.321 e. The number of anilines is 1. The van der Waals surface area contributed by atoms with Crippen molar-refractivity contribution >= 4 is 44.5 Å². The van der Waals surface area contributed by atoms with Gasteiger partial charge in [0, 0.05) is 35.3 Å². The van der Waals surface area contributed by atoms with Gasteiger partial charge in [0.1, 0.15) is 9.84 Å². The highest BCUT2D eigenvalue weighted by Gasteiger charge is 2.15. The first-order valence-electron chi connectivity index (χ1n) is 7.36. The summed E-state index contributed by atoms with van der Waals surface area (Å²) in [5, 5.41) is 11.3.